The van der Waals surface area contributed by atoms with Gasteiger partial charge in [-0.25, -0.2) is 14.3 Å². The van der Waals surface area contributed by atoms with Gasteiger partial charge in [0.2, 0.25) is 5.95 Å². The van der Waals surface area contributed by atoms with Crippen LogP contribution in [0.1, 0.15) is 5.56 Å². The second-order valence-corrected chi connectivity index (χ2v) is 9.97. The lowest BCUT2D eigenvalue weighted by atomic mass is 10.0. The number of piperidine rings is 1. The quantitative estimate of drug-likeness (QED) is 0.359. The molecule has 3 aromatic heterocycles. The number of allylic oxidation sites excluding steroid dienone is 1. The van der Waals surface area contributed by atoms with Gasteiger partial charge in [-0.15, -0.1) is 0 Å². The zero-order valence-electron chi connectivity index (χ0n) is 20.1. The number of rotatable bonds is 4. The third-order valence-corrected chi connectivity index (χ3v) is 7.83. The summed E-state index contributed by atoms with van der Waals surface area (Å²) >= 11 is 0. The molecule has 1 saturated carbocycles. The van der Waals surface area contributed by atoms with E-state index in [0.717, 1.165) is 41.1 Å². The first kappa shape index (κ1) is 21.1. The zero-order chi connectivity index (χ0) is 24.7. The number of aryl methyl sites for hydroxylation is 2. The van der Waals surface area contributed by atoms with Gasteiger partial charge >= 0.3 is 0 Å². The first-order valence-electron chi connectivity index (χ1n) is 12.1. The number of para-hydroxylation sites is 1. The first-order chi connectivity index (χ1) is 17.4. The Morgan fingerprint density at radius 2 is 1.83 bits per heavy atom. The Hall–Kier alpha value is -4.20. The minimum Gasteiger partial charge on any atom is -0.513 e. The van der Waals surface area contributed by atoms with Crippen LogP contribution in [0.4, 0.5) is 10.2 Å². The number of aromatic nitrogens is 5. The van der Waals surface area contributed by atoms with E-state index in [1.54, 1.807) is 7.05 Å². The lowest BCUT2D eigenvalue weighted by molar-refractivity contribution is 0.365. The third-order valence-electron chi connectivity index (χ3n) is 7.83. The SMILES string of the molecule is C=C(O)C1[C@H]2CN(c3ccc(-n4nc(-c5cccc6nn(C)c(F)c56)c5cccc(C)c54)cn3)C[C@@H]12. The van der Waals surface area contributed by atoms with Crippen molar-refractivity contribution in [3.05, 3.63) is 78.6 Å². The van der Waals surface area contributed by atoms with Crippen molar-refractivity contribution >= 4 is 27.6 Å². The van der Waals surface area contributed by atoms with Gasteiger partial charge < -0.3 is 10.0 Å². The van der Waals surface area contributed by atoms with Crippen LogP contribution in [0, 0.1) is 30.6 Å². The summed E-state index contributed by atoms with van der Waals surface area (Å²) in [4.78, 5) is 7.02. The predicted molar refractivity (Wildman–Crippen MR) is 138 cm³/mol. The summed E-state index contributed by atoms with van der Waals surface area (Å²) in [5, 5.41) is 20.4. The second kappa shape index (κ2) is 7.40. The molecule has 2 aromatic carbocycles. The fraction of sp³-hybridized carbons (Fsp3) is 0.250. The minimum absolute atomic E-state index is 0.242. The molecule has 180 valence electrons. The van der Waals surface area contributed by atoms with Gasteiger partial charge in [-0.05, 0) is 42.5 Å². The van der Waals surface area contributed by atoms with Crippen LogP contribution < -0.4 is 4.90 Å². The highest BCUT2D eigenvalue weighted by Crippen LogP contribution is 2.55. The highest BCUT2D eigenvalue weighted by atomic mass is 19.1. The summed E-state index contributed by atoms with van der Waals surface area (Å²) < 4.78 is 18.2. The summed E-state index contributed by atoms with van der Waals surface area (Å²) in [6.07, 6.45) is 1.84. The number of aliphatic hydroxyl groups excluding tert-OH is 1. The molecule has 8 heteroatoms. The molecule has 5 aromatic rings. The average molecular weight is 481 g/mol. The van der Waals surface area contributed by atoms with Crippen LogP contribution in [0.3, 0.4) is 0 Å². The van der Waals surface area contributed by atoms with Gasteiger partial charge in [0.15, 0.2) is 0 Å². The largest absolute Gasteiger partial charge is 0.513 e. The van der Waals surface area contributed by atoms with Gasteiger partial charge in [-0.3, -0.25) is 0 Å². The van der Waals surface area contributed by atoms with Crippen LogP contribution >= 0.6 is 0 Å². The van der Waals surface area contributed by atoms with Gasteiger partial charge in [-0.1, -0.05) is 36.9 Å². The Labute approximate surface area is 207 Å². The van der Waals surface area contributed by atoms with E-state index in [1.165, 1.54) is 4.68 Å². The highest BCUT2D eigenvalue weighted by Gasteiger charge is 2.57. The topological polar surface area (TPSA) is 72.0 Å². The molecule has 4 heterocycles. The molecular weight excluding hydrogens is 455 g/mol. The average Bonchev–Trinajstić information content (AvgIpc) is 3.16. The van der Waals surface area contributed by atoms with Crippen molar-refractivity contribution in [3.63, 3.8) is 0 Å². The van der Waals surface area contributed by atoms with Crippen molar-refractivity contribution in [1.82, 2.24) is 24.5 Å². The Morgan fingerprint density at radius 3 is 2.56 bits per heavy atom. The molecule has 1 unspecified atom stereocenters. The third kappa shape index (κ3) is 2.93. The van der Waals surface area contributed by atoms with E-state index in [9.17, 15) is 5.11 Å². The molecule has 1 saturated heterocycles. The molecule has 1 aliphatic heterocycles. The fourth-order valence-corrected chi connectivity index (χ4v) is 6.02. The molecule has 2 aliphatic rings. The van der Waals surface area contributed by atoms with Gasteiger partial charge in [0.25, 0.3) is 0 Å². The van der Waals surface area contributed by atoms with E-state index in [1.807, 2.05) is 53.3 Å². The van der Waals surface area contributed by atoms with Crippen LogP contribution in [0.15, 0.2) is 67.1 Å². The summed E-state index contributed by atoms with van der Waals surface area (Å²) in [7, 11) is 1.61. The molecule has 0 bridgehead atoms. The van der Waals surface area contributed by atoms with Gasteiger partial charge in [0.05, 0.1) is 34.1 Å². The number of nitrogens with zero attached hydrogens (tertiary/aromatic N) is 6. The summed E-state index contributed by atoms with van der Waals surface area (Å²) in [5.74, 6) is 2.04. The molecule has 1 aliphatic carbocycles. The molecule has 0 spiro atoms. The van der Waals surface area contributed by atoms with Crippen molar-refractivity contribution < 1.29 is 9.50 Å². The monoisotopic (exact) mass is 480 g/mol. The van der Waals surface area contributed by atoms with E-state index in [0.29, 0.717) is 39.8 Å². The standard InChI is InChI=1S/C28H25FN6O/c1-15-6-4-8-19-26(18-7-5-9-22-25(18)28(29)33(3)31-22)32-35(27(15)19)17-10-11-23(30-12-17)34-13-20-21(14-34)24(20)16(2)36/h4-12,20-21,24,36H,2,13-14H2,1,3H3/t20-,21+,24?. The maximum Gasteiger partial charge on any atom is 0.219 e. The van der Waals surface area contributed by atoms with Crippen LogP contribution in [0.5, 0.6) is 0 Å². The van der Waals surface area contributed by atoms with Crippen LogP contribution in [-0.2, 0) is 7.05 Å². The molecule has 2 fully saturated rings. The predicted octanol–water partition coefficient (Wildman–Crippen LogP) is 5.18. The van der Waals surface area contributed by atoms with Crippen molar-refractivity contribution in [2.24, 2.45) is 24.8 Å². The second-order valence-electron chi connectivity index (χ2n) is 9.97. The number of halogens is 1. The lowest BCUT2D eigenvalue weighted by Crippen LogP contribution is -2.25. The van der Waals surface area contributed by atoms with Crippen molar-refractivity contribution in [3.8, 4) is 16.9 Å². The molecule has 7 nitrogen and oxygen atoms in total. The maximum absolute atomic E-state index is 15.0. The molecule has 0 amide bonds. The minimum atomic E-state index is -0.377. The number of hydrogen-bond acceptors (Lipinski definition) is 5. The number of benzene rings is 2. The molecule has 36 heavy (non-hydrogen) atoms. The number of hydrogen-bond donors (Lipinski definition) is 1. The molecule has 1 N–H and O–H groups in total. The van der Waals surface area contributed by atoms with Gasteiger partial charge in [0.1, 0.15) is 11.5 Å². The number of anilines is 1. The normalized spacial score (nSPS) is 20.9. The Balaban J connectivity index is 1.30. The smallest absolute Gasteiger partial charge is 0.219 e. The van der Waals surface area contributed by atoms with Crippen LogP contribution in [0.25, 0.3) is 38.8 Å². The zero-order valence-corrected chi connectivity index (χ0v) is 20.1. The summed E-state index contributed by atoms with van der Waals surface area (Å²) in [6.45, 7) is 7.53. The van der Waals surface area contributed by atoms with E-state index in [-0.39, 0.29) is 11.9 Å². The van der Waals surface area contributed by atoms with Crippen molar-refractivity contribution in [2.45, 2.75) is 6.92 Å². The summed E-state index contributed by atoms with van der Waals surface area (Å²) in [6, 6.07) is 15.7. The number of fused-ring (bicyclic) bond motifs is 3. The van der Waals surface area contributed by atoms with Crippen LogP contribution in [0.2, 0.25) is 0 Å². The van der Waals surface area contributed by atoms with Gasteiger partial charge in [-0.2, -0.15) is 14.6 Å². The van der Waals surface area contributed by atoms with Crippen LogP contribution in [-0.4, -0.2) is 42.7 Å². The Bertz CT molecular complexity index is 1670. The maximum atomic E-state index is 15.0. The summed E-state index contributed by atoms with van der Waals surface area (Å²) in [5.41, 5.74) is 4.91. The van der Waals surface area contributed by atoms with E-state index in [2.05, 4.69) is 29.6 Å². The fourth-order valence-electron chi connectivity index (χ4n) is 6.02. The lowest BCUT2D eigenvalue weighted by Gasteiger charge is -2.20. The highest BCUT2D eigenvalue weighted by molar-refractivity contribution is 6.03. The van der Waals surface area contributed by atoms with Crippen molar-refractivity contribution in [1.29, 1.82) is 0 Å². The van der Waals surface area contributed by atoms with E-state index < -0.39 is 0 Å². The molecule has 0 radical (unpaired) electrons. The Morgan fingerprint density at radius 1 is 1.06 bits per heavy atom. The molecule has 3 atom stereocenters. The Kier molecular flexibility index (Phi) is 4.34. The first-order valence-corrected chi connectivity index (χ1v) is 12.1. The van der Waals surface area contributed by atoms with E-state index >= 15 is 4.39 Å². The van der Waals surface area contributed by atoms with Gasteiger partial charge in [0, 0.05) is 37.0 Å². The molecule has 7 rings (SSSR count). The molecular formula is C28H25FN6O. The van der Waals surface area contributed by atoms with Crippen molar-refractivity contribution in [2.75, 3.05) is 18.0 Å². The van der Waals surface area contributed by atoms with E-state index in [4.69, 9.17) is 10.1 Å². The number of aliphatic hydroxyl groups is 1. The number of pyridine rings is 1.